The molecule has 15 heavy (non-hydrogen) atoms. The van der Waals surface area contributed by atoms with Crippen LogP contribution in [0.15, 0.2) is 18.5 Å². The molecule has 2 N–H and O–H groups in total. The van der Waals surface area contributed by atoms with Crippen LogP contribution in [0.25, 0.3) is 0 Å². The Morgan fingerprint density at radius 1 is 1.47 bits per heavy atom. The molecular weight excluding hydrogens is 184 g/mol. The van der Waals surface area contributed by atoms with E-state index in [0.717, 1.165) is 12.3 Å². The lowest BCUT2D eigenvalue weighted by molar-refractivity contribution is 0.457. The summed E-state index contributed by atoms with van der Waals surface area (Å²) in [4.78, 5) is 0. The summed E-state index contributed by atoms with van der Waals surface area (Å²) in [6.45, 7) is 3.33. The SMILES string of the molecule is CCC(N)c1ccn(CC2CCCC2)c1. The van der Waals surface area contributed by atoms with E-state index in [1.165, 1.54) is 37.8 Å². The Labute approximate surface area is 92.5 Å². The smallest absolute Gasteiger partial charge is 0.0307 e. The molecule has 0 aliphatic heterocycles. The molecule has 2 rings (SSSR count). The van der Waals surface area contributed by atoms with E-state index < -0.39 is 0 Å². The molecule has 1 aromatic heterocycles. The van der Waals surface area contributed by atoms with E-state index in [0.29, 0.717) is 0 Å². The van der Waals surface area contributed by atoms with Gasteiger partial charge in [-0.05, 0) is 36.8 Å². The molecule has 1 aliphatic rings. The predicted molar refractivity (Wildman–Crippen MR) is 63.6 cm³/mol. The first-order chi connectivity index (χ1) is 7.29. The molecule has 1 aromatic rings. The number of nitrogens with two attached hydrogens (primary N) is 1. The molecule has 0 radical (unpaired) electrons. The number of rotatable bonds is 4. The summed E-state index contributed by atoms with van der Waals surface area (Å²) >= 11 is 0. The van der Waals surface area contributed by atoms with Crippen molar-refractivity contribution in [1.82, 2.24) is 4.57 Å². The van der Waals surface area contributed by atoms with Crippen molar-refractivity contribution in [3.8, 4) is 0 Å². The summed E-state index contributed by atoms with van der Waals surface area (Å²) in [5.74, 6) is 0.906. The quantitative estimate of drug-likeness (QED) is 0.806. The van der Waals surface area contributed by atoms with E-state index in [1.807, 2.05) is 0 Å². The topological polar surface area (TPSA) is 30.9 Å². The fourth-order valence-corrected chi connectivity index (χ4v) is 2.52. The van der Waals surface area contributed by atoms with Crippen LogP contribution in [0.5, 0.6) is 0 Å². The highest BCUT2D eigenvalue weighted by atomic mass is 14.9. The van der Waals surface area contributed by atoms with Crippen LogP contribution in [-0.2, 0) is 6.54 Å². The fourth-order valence-electron chi connectivity index (χ4n) is 2.52. The monoisotopic (exact) mass is 206 g/mol. The molecule has 1 fully saturated rings. The van der Waals surface area contributed by atoms with Gasteiger partial charge in [0, 0.05) is 25.0 Å². The van der Waals surface area contributed by atoms with Crippen LogP contribution in [0.3, 0.4) is 0 Å². The Balaban J connectivity index is 1.94. The number of hydrogen-bond donors (Lipinski definition) is 1. The second-order valence-corrected chi connectivity index (χ2v) is 4.81. The molecule has 0 amide bonds. The maximum atomic E-state index is 6.00. The number of nitrogens with zero attached hydrogens (tertiary/aromatic N) is 1. The lowest BCUT2D eigenvalue weighted by Crippen LogP contribution is -2.08. The standard InChI is InChI=1S/C13H22N2/c1-2-13(14)12-7-8-15(10-12)9-11-5-3-4-6-11/h7-8,10-11,13H,2-6,9,14H2,1H3. The zero-order chi connectivity index (χ0) is 10.7. The summed E-state index contributed by atoms with van der Waals surface area (Å²) in [6.07, 6.45) is 11.1. The largest absolute Gasteiger partial charge is 0.354 e. The molecule has 1 atom stereocenters. The molecule has 0 saturated heterocycles. The van der Waals surface area contributed by atoms with Crippen molar-refractivity contribution in [2.75, 3.05) is 0 Å². The van der Waals surface area contributed by atoms with Gasteiger partial charge in [-0.3, -0.25) is 0 Å². The normalized spacial score (nSPS) is 19.6. The van der Waals surface area contributed by atoms with Gasteiger partial charge in [0.1, 0.15) is 0 Å². The Hall–Kier alpha value is -0.760. The van der Waals surface area contributed by atoms with Gasteiger partial charge < -0.3 is 10.3 Å². The molecule has 1 aliphatic carbocycles. The van der Waals surface area contributed by atoms with Gasteiger partial charge in [0.25, 0.3) is 0 Å². The first-order valence-electron chi connectivity index (χ1n) is 6.21. The molecule has 1 unspecified atom stereocenters. The van der Waals surface area contributed by atoms with Gasteiger partial charge >= 0.3 is 0 Å². The molecule has 1 saturated carbocycles. The summed E-state index contributed by atoms with van der Waals surface area (Å²) in [7, 11) is 0. The van der Waals surface area contributed by atoms with Crippen LogP contribution < -0.4 is 5.73 Å². The van der Waals surface area contributed by atoms with Gasteiger partial charge in [-0.2, -0.15) is 0 Å². The summed E-state index contributed by atoms with van der Waals surface area (Å²) in [6, 6.07) is 2.39. The van der Waals surface area contributed by atoms with E-state index in [1.54, 1.807) is 0 Å². The van der Waals surface area contributed by atoms with Gasteiger partial charge in [-0.25, -0.2) is 0 Å². The van der Waals surface area contributed by atoms with Gasteiger partial charge in [-0.1, -0.05) is 19.8 Å². The van der Waals surface area contributed by atoms with Gasteiger partial charge in [0.2, 0.25) is 0 Å². The Morgan fingerprint density at radius 2 is 2.20 bits per heavy atom. The van der Waals surface area contributed by atoms with Crippen molar-refractivity contribution in [1.29, 1.82) is 0 Å². The summed E-state index contributed by atoms with van der Waals surface area (Å²) < 4.78 is 2.32. The minimum absolute atomic E-state index is 0.217. The van der Waals surface area contributed by atoms with Crippen LogP contribution in [0.2, 0.25) is 0 Å². The molecular formula is C13H22N2. The average Bonchev–Trinajstić information content (AvgIpc) is 2.88. The number of aromatic nitrogens is 1. The van der Waals surface area contributed by atoms with Gasteiger partial charge in [0.15, 0.2) is 0 Å². The molecule has 84 valence electrons. The van der Waals surface area contributed by atoms with Crippen LogP contribution in [-0.4, -0.2) is 4.57 Å². The van der Waals surface area contributed by atoms with Crippen LogP contribution >= 0.6 is 0 Å². The molecule has 2 nitrogen and oxygen atoms in total. The predicted octanol–water partition coefficient (Wildman–Crippen LogP) is 3.09. The second kappa shape index (κ2) is 4.84. The molecule has 0 spiro atoms. The third kappa shape index (κ3) is 2.63. The lowest BCUT2D eigenvalue weighted by Gasteiger charge is -2.10. The van der Waals surface area contributed by atoms with Crippen LogP contribution in [0, 0.1) is 5.92 Å². The summed E-state index contributed by atoms with van der Waals surface area (Å²) in [5, 5.41) is 0. The Bertz CT molecular complexity index is 297. The van der Waals surface area contributed by atoms with Crippen molar-refractivity contribution >= 4 is 0 Å². The van der Waals surface area contributed by atoms with E-state index in [9.17, 15) is 0 Å². The number of hydrogen-bond acceptors (Lipinski definition) is 1. The van der Waals surface area contributed by atoms with Gasteiger partial charge in [0.05, 0.1) is 0 Å². The van der Waals surface area contributed by atoms with Crippen molar-refractivity contribution in [3.05, 3.63) is 24.0 Å². The van der Waals surface area contributed by atoms with Crippen molar-refractivity contribution in [2.24, 2.45) is 11.7 Å². The van der Waals surface area contributed by atoms with Gasteiger partial charge in [-0.15, -0.1) is 0 Å². The average molecular weight is 206 g/mol. The van der Waals surface area contributed by atoms with Crippen molar-refractivity contribution in [3.63, 3.8) is 0 Å². The maximum Gasteiger partial charge on any atom is 0.0307 e. The van der Waals surface area contributed by atoms with E-state index in [-0.39, 0.29) is 6.04 Å². The van der Waals surface area contributed by atoms with E-state index in [2.05, 4.69) is 30.0 Å². The third-order valence-corrected chi connectivity index (χ3v) is 3.59. The Morgan fingerprint density at radius 3 is 2.87 bits per heavy atom. The Kier molecular flexibility index (Phi) is 3.47. The zero-order valence-electron chi connectivity index (χ0n) is 9.65. The first kappa shape index (κ1) is 10.7. The van der Waals surface area contributed by atoms with E-state index >= 15 is 0 Å². The zero-order valence-corrected chi connectivity index (χ0v) is 9.65. The molecule has 0 bridgehead atoms. The minimum Gasteiger partial charge on any atom is -0.354 e. The molecule has 1 heterocycles. The highest BCUT2D eigenvalue weighted by Crippen LogP contribution is 2.26. The second-order valence-electron chi connectivity index (χ2n) is 4.81. The third-order valence-electron chi connectivity index (χ3n) is 3.59. The molecule has 2 heteroatoms. The van der Waals surface area contributed by atoms with Crippen molar-refractivity contribution < 1.29 is 0 Å². The van der Waals surface area contributed by atoms with Crippen LogP contribution in [0.4, 0.5) is 0 Å². The molecule has 0 aromatic carbocycles. The van der Waals surface area contributed by atoms with Crippen LogP contribution in [0.1, 0.15) is 50.6 Å². The highest BCUT2D eigenvalue weighted by Gasteiger charge is 2.15. The lowest BCUT2D eigenvalue weighted by atomic mass is 10.1. The maximum absolute atomic E-state index is 6.00. The first-order valence-corrected chi connectivity index (χ1v) is 6.21. The highest BCUT2D eigenvalue weighted by molar-refractivity contribution is 5.14. The summed E-state index contributed by atoms with van der Waals surface area (Å²) in [5.41, 5.74) is 7.29. The fraction of sp³-hybridized carbons (Fsp3) is 0.692. The minimum atomic E-state index is 0.217. The van der Waals surface area contributed by atoms with Crippen molar-refractivity contribution in [2.45, 2.75) is 51.6 Å². The van der Waals surface area contributed by atoms with E-state index in [4.69, 9.17) is 5.73 Å².